The number of para-hydroxylation sites is 1. The van der Waals surface area contributed by atoms with Crippen molar-refractivity contribution < 1.29 is 13.2 Å². The van der Waals surface area contributed by atoms with Crippen LogP contribution in [0.3, 0.4) is 0 Å². The number of sulfonamides is 1. The van der Waals surface area contributed by atoms with Gasteiger partial charge in [-0.05, 0) is 86.6 Å². The van der Waals surface area contributed by atoms with Gasteiger partial charge in [-0.2, -0.15) is 4.31 Å². The quantitative estimate of drug-likeness (QED) is 0.634. The summed E-state index contributed by atoms with van der Waals surface area (Å²) < 4.78 is 27.9. The van der Waals surface area contributed by atoms with Crippen LogP contribution in [0.2, 0.25) is 0 Å². The molecule has 2 spiro atoms. The van der Waals surface area contributed by atoms with Crippen LogP contribution in [0, 0.1) is 5.41 Å². The summed E-state index contributed by atoms with van der Waals surface area (Å²) in [6, 6.07) is 15.0. The van der Waals surface area contributed by atoms with Crippen molar-refractivity contribution in [2.75, 3.05) is 24.5 Å². The van der Waals surface area contributed by atoms with Crippen molar-refractivity contribution in [2.45, 2.75) is 68.1 Å². The molecule has 2 saturated carbocycles. The number of rotatable bonds is 3. The monoisotopic (exact) mass is 464 g/mol. The molecule has 174 valence electrons. The van der Waals surface area contributed by atoms with Crippen LogP contribution in [0.4, 0.5) is 5.69 Å². The second-order valence-electron chi connectivity index (χ2n) is 10.7. The average Bonchev–Trinajstić information content (AvgIpc) is 3.56. The third-order valence-electron chi connectivity index (χ3n) is 8.73. The Kier molecular flexibility index (Phi) is 4.97. The number of benzene rings is 2. The molecule has 5 nitrogen and oxygen atoms in total. The van der Waals surface area contributed by atoms with E-state index in [1.165, 1.54) is 31.2 Å². The van der Waals surface area contributed by atoms with E-state index in [1.54, 1.807) is 28.6 Å². The lowest BCUT2D eigenvalue weighted by atomic mass is 9.66. The smallest absolute Gasteiger partial charge is 0.258 e. The van der Waals surface area contributed by atoms with E-state index in [0.717, 1.165) is 37.8 Å². The van der Waals surface area contributed by atoms with Gasteiger partial charge in [-0.3, -0.25) is 4.79 Å². The first-order chi connectivity index (χ1) is 15.9. The first-order valence-corrected chi connectivity index (χ1v) is 13.9. The van der Waals surface area contributed by atoms with Gasteiger partial charge < -0.3 is 4.90 Å². The van der Waals surface area contributed by atoms with Gasteiger partial charge in [-0.1, -0.05) is 30.7 Å². The Morgan fingerprint density at radius 3 is 2.24 bits per heavy atom. The van der Waals surface area contributed by atoms with Gasteiger partial charge in [0.1, 0.15) is 0 Å². The second kappa shape index (κ2) is 7.67. The normalized spacial score (nSPS) is 23.6. The molecule has 33 heavy (non-hydrogen) atoms. The molecule has 4 aliphatic rings. The summed E-state index contributed by atoms with van der Waals surface area (Å²) in [6.45, 7) is 1.82. The average molecular weight is 465 g/mol. The molecule has 0 N–H and O–H groups in total. The van der Waals surface area contributed by atoms with Gasteiger partial charge in [-0.25, -0.2) is 8.42 Å². The molecule has 6 heteroatoms. The van der Waals surface area contributed by atoms with Crippen molar-refractivity contribution in [3.63, 3.8) is 0 Å². The Balaban J connectivity index is 1.30. The predicted octanol–water partition coefficient (Wildman–Crippen LogP) is 5.11. The second-order valence-corrected chi connectivity index (χ2v) is 12.6. The Morgan fingerprint density at radius 1 is 0.818 bits per heavy atom. The van der Waals surface area contributed by atoms with Crippen molar-refractivity contribution in [3.8, 4) is 0 Å². The number of carbonyl (C=O) groups excluding carboxylic acids is 1. The number of hydrogen-bond donors (Lipinski definition) is 0. The maximum absolute atomic E-state index is 13.7. The zero-order valence-electron chi connectivity index (χ0n) is 19.1. The molecule has 0 bridgehead atoms. The molecule has 6 rings (SSSR count). The highest BCUT2D eigenvalue weighted by Crippen LogP contribution is 2.62. The molecule has 0 unspecified atom stereocenters. The summed E-state index contributed by atoms with van der Waals surface area (Å²) in [6.07, 6.45) is 10.4. The molecule has 2 aromatic rings. The van der Waals surface area contributed by atoms with E-state index in [1.807, 2.05) is 11.0 Å². The Bertz CT molecular complexity index is 1190. The summed E-state index contributed by atoms with van der Waals surface area (Å²) in [5.41, 5.74) is 3.38. The highest BCUT2D eigenvalue weighted by Gasteiger charge is 2.53. The van der Waals surface area contributed by atoms with Crippen molar-refractivity contribution >= 4 is 21.6 Å². The minimum Gasteiger partial charge on any atom is -0.307 e. The van der Waals surface area contributed by atoms with Crippen molar-refractivity contribution in [2.24, 2.45) is 5.41 Å². The standard InChI is InChI=1S/C27H32N2O3S/c30-25(21-7-6-8-22(19-21)33(31,32)28-17-4-1-5-18-28)29-20-27(23-9-2-3-10-24(23)29)15-13-26(11-12-26)14-16-27/h2-3,6-10,19H,1,4-5,11-18,20H2. The Hall–Kier alpha value is -2.18. The van der Waals surface area contributed by atoms with E-state index in [2.05, 4.69) is 18.2 Å². The lowest BCUT2D eigenvalue weighted by Crippen LogP contribution is -2.40. The molecule has 0 atom stereocenters. The predicted molar refractivity (Wildman–Crippen MR) is 129 cm³/mol. The fourth-order valence-corrected chi connectivity index (χ4v) is 7.94. The molecular weight excluding hydrogens is 432 g/mol. The van der Waals surface area contributed by atoms with Crippen molar-refractivity contribution in [1.82, 2.24) is 4.31 Å². The van der Waals surface area contributed by atoms with E-state index < -0.39 is 10.0 Å². The van der Waals surface area contributed by atoms with Crippen LogP contribution in [-0.2, 0) is 15.4 Å². The number of fused-ring (bicyclic) bond motifs is 2. The minimum atomic E-state index is -3.57. The van der Waals surface area contributed by atoms with Crippen LogP contribution >= 0.6 is 0 Å². The molecule has 2 aliphatic carbocycles. The summed E-state index contributed by atoms with van der Waals surface area (Å²) in [5.74, 6) is -0.0956. The van der Waals surface area contributed by atoms with E-state index in [4.69, 9.17) is 0 Å². The number of anilines is 1. The molecule has 2 heterocycles. The third-order valence-corrected chi connectivity index (χ3v) is 10.6. The summed E-state index contributed by atoms with van der Waals surface area (Å²) in [5, 5.41) is 0. The highest BCUT2D eigenvalue weighted by atomic mass is 32.2. The SMILES string of the molecule is O=C(c1cccc(S(=O)(=O)N2CCCCC2)c1)N1CC2(CCC3(CC3)CC2)c2ccccc21. The lowest BCUT2D eigenvalue weighted by molar-refractivity contribution is 0.0980. The van der Waals surface area contributed by atoms with E-state index in [9.17, 15) is 13.2 Å². The number of carbonyl (C=O) groups is 1. The molecule has 1 saturated heterocycles. The highest BCUT2D eigenvalue weighted by molar-refractivity contribution is 7.89. The number of piperidine rings is 1. The van der Waals surface area contributed by atoms with Crippen LogP contribution in [0.1, 0.15) is 73.7 Å². The molecular formula is C27H32N2O3S. The van der Waals surface area contributed by atoms with E-state index in [0.29, 0.717) is 30.6 Å². The van der Waals surface area contributed by atoms with E-state index in [-0.39, 0.29) is 16.2 Å². The van der Waals surface area contributed by atoms with Gasteiger partial charge in [0.05, 0.1) is 4.90 Å². The largest absolute Gasteiger partial charge is 0.307 e. The van der Waals surface area contributed by atoms with Gasteiger partial charge in [-0.15, -0.1) is 0 Å². The van der Waals surface area contributed by atoms with Gasteiger partial charge in [0, 0.05) is 36.3 Å². The maximum atomic E-state index is 13.7. The van der Waals surface area contributed by atoms with Gasteiger partial charge in [0.2, 0.25) is 10.0 Å². The number of hydrogen-bond acceptors (Lipinski definition) is 3. The summed E-state index contributed by atoms with van der Waals surface area (Å²) >= 11 is 0. The topological polar surface area (TPSA) is 57.7 Å². The van der Waals surface area contributed by atoms with Crippen molar-refractivity contribution in [3.05, 3.63) is 59.7 Å². The number of amides is 1. The maximum Gasteiger partial charge on any atom is 0.258 e. The van der Waals surface area contributed by atoms with Crippen LogP contribution in [0.15, 0.2) is 53.4 Å². The minimum absolute atomic E-state index is 0.0393. The van der Waals surface area contributed by atoms with Crippen LogP contribution in [-0.4, -0.2) is 38.3 Å². The van der Waals surface area contributed by atoms with Gasteiger partial charge in [0.15, 0.2) is 0 Å². The molecule has 3 fully saturated rings. The van der Waals surface area contributed by atoms with Crippen LogP contribution < -0.4 is 4.90 Å². The molecule has 0 aromatic heterocycles. The van der Waals surface area contributed by atoms with Crippen LogP contribution in [0.5, 0.6) is 0 Å². The first-order valence-electron chi connectivity index (χ1n) is 12.4. The Labute approximate surface area is 196 Å². The van der Waals surface area contributed by atoms with E-state index >= 15 is 0 Å². The van der Waals surface area contributed by atoms with Gasteiger partial charge >= 0.3 is 0 Å². The lowest BCUT2D eigenvalue weighted by Gasteiger charge is -2.38. The first kappa shape index (κ1) is 21.4. The molecule has 2 aromatic carbocycles. The summed E-state index contributed by atoms with van der Waals surface area (Å²) in [4.78, 5) is 15.9. The third kappa shape index (κ3) is 3.53. The Morgan fingerprint density at radius 2 is 1.52 bits per heavy atom. The summed E-state index contributed by atoms with van der Waals surface area (Å²) in [7, 11) is -3.57. The number of nitrogens with zero attached hydrogens (tertiary/aromatic N) is 2. The van der Waals surface area contributed by atoms with Crippen LogP contribution in [0.25, 0.3) is 0 Å². The molecule has 1 amide bonds. The van der Waals surface area contributed by atoms with Gasteiger partial charge in [0.25, 0.3) is 5.91 Å². The fraction of sp³-hybridized carbons (Fsp3) is 0.519. The zero-order valence-corrected chi connectivity index (χ0v) is 19.9. The zero-order chi connectivity index (χ0) is 22.7. The fourth-order valence-electron chi connectivity index (χ4n) is 6.37. The molecule has 2 aliphatic heterocycles. The molecule has 0 radical (unpaired) electrons. The van der Waals surface area contributed by atoms with Crippen molar-refractivity contribution in [1.29, 1.82) is 0 Å².